The maximum absolute atomic E-state index is 12.8. The van der Waals surface area contributed by atoms with Crippen LogP contribution < -0.4 is 0 Å². The molecule has 0 spiro atoms. The van der Waals surface area contributed by atoms with Gasteiger partial charge in [0.25, 0.3) is 0 Å². The molecule has 1 fully saturated rings. The topological polar surface area (TPSA) is 83.9 Å². The number of carboxylic acid groups (broad SMARTS) is 1. The number of carbonyl (C=O) groups is 1. The van der Waals surface area contributed by atoms with Gasteiger partial charge in [-0.3, -0.25) is 0 Å². The number of sulfonamides is 1. The van der Waals surface area contributed by atoms with Crippen molar-refractivity contribution < 1.29 is 23.1 Å². The Balaban J connectivity index is 2.50. The summed E-state index contributed by atoms with van der Waals surface area (Å²) in [5.74, 6) is -1.13. The molecule has 0 unspecified atom stereocenters. The van der Waals surface area contributed by atoms with Crippen LogP contribution in [0.4, 0.5) is 0 Å². The molecule has 0 atom stereocenters. The van der Waals surface area contributed by atoms with Gasteiger partial charge in [-0.15, -0.1) is 0 Å². The highest BCUT2D eigenvalue weighted by atomic mass is 32.2. The zero-order valence-electron chi connectivity index (χ0n) is 12.1. The molecule has 1 aromatic rings. The number of nitrogens with zero attached hydrogens (tertiary/aromatic N) is 1. The Bertz CT molecular complexity index is 646. The predicted octanol–water partition coefficient (Wildman–Crippen LogP) is 1.41. The second kappa shape index (κ2) is 6.13. The monoisotopic (exact) mass is 313 g/mol. The van der Waals surface area contributed by atoms with Crippen molar-refractivity contribution in [2.75, 3.05) is 26.3 Å². The molecule has 0 aliphatic carbocycles. The molecule has 1 N–H and O–H groups in total. The maximum Gasteiger partial charge on any atom is 0.335 e. The molecule has 0 aromatic heterocycles. The molecular weight excluding hydrogens is 294 g/mol. The summed E-state index contributed by atoms with van der Waals surface area (Å²) in [5, 5.41) is 9.12. The number of rotatable bonds is 3. The Morgan fingerprint density at radius 2 is 1.95 bits per heavy atom. The Morgan fingerprint density at radius 3 is 2.62 bits per heavy atom. The van der Waals surface area contributed by atoms with Gasteiger partial charge in [-0.1, -0.05) is 0 Å². The predicted molar refractivity (Wildman–Crippen MR) is 77.1 cm³/mol. The minimum atomic E-state index is -3.70. The summed E-state index contributed by atoms with van der Waals surface area (Å²) >= 11 is 0. The van der Waals surface area contributed by atoms with Gasteiger partial charge in [-0.05, 0) is 43.5 Å². The Kier molecular flexibility index (Phi) is 4.65. The van der Waals surface area contributed by atoms with Crippen molar-refractivity contribution in [3.63, 3.8) is 0 Å². The molecule has 7 heteroatoms. The van der Waals surface area contributed by atoms with Gasteiger partial charge in [0.15, 0.2) is 0 Å². The van der Waals surface area contributed by atoms with E-state index in [4.69, 9.17) is 9.84 Å². The molecular formula is C14H19NO5S. The Labute approximate surface area is 124 Å². The standard InChI is InChI=1S/C14H19NO5S/c1-10-8-12(14(16)17)9-13(11(10)2)21(18,19)15-4-3-6-20-7-5-15/h8-9H,3-7H2,1-2H3,(H,16,17). The summed E-state index contributed by atoms with van der Waals surface area (Å²) in [5.41, 5.74) is 1.23. The van der Waals surface area contributed by atoms with Crippen molar-refractivity contribution in [3.8, 4) is 0 Å². The van der Waals surface area contributed by atoms with E-state index in [2.05, 4.69) is 0 Å². The van der Waals surface area contributed by atoms with E-state index in [0.29, 0.717) is 37.3 Å². The van der Waals surface area contributed by atoms with Crippen molar-refractivity contribution >= 4 is 16.0 Å². The molecule has 21 heavy (non-hydrogen) atoms. The van der Waals surface area contributed by atoms with E-state index < -0.39 is 16.0 Å². The summed E-state index contributed by atoms with van der Waals surface area (Å²) in [4.78, 5) is 11.2. The summed E-state index contributed by atoms with van der Waals surface area (Å²) < 4.78 is 32.2. The first-order valence-electron chi connectivity index (χ1n) is 6.76. The van der Waals surface area contributed by atoms with Gasteiger partial charge in [-0.2, -0.15) is 4.31 Å². The van der Waals surface area contributed by atoms with E-state index in [9.17, 15) is 13.2 Å². The highest BCUT2D eigenvalue weighted by Crippen LogP contribution is 2.25. The lowest BCUT2D eigenvalue weighted by Gasteiger charge is -2.21. The van der Waals surface area contributed by atoms with Crippen LogP contribution in [0.25, 0.3) is 0 Å². The number of aromatic carboxylic acids is 1. The normalized spacial score (nSPS) is 17.4. The first-order valence-corrected chi connectivity index (χ1v) is 8.20. The minimum Gasteiger partial charge on any atom is -0.478 e. The fourth-order valence-corrected chi connectivity index (χ4v) is 4.11. The van der Waals surface area contributed by atoms with Crippen LogP contribution in [0.5, 0.6) is 0 Å². The van der Waals surface area contributed by atoms with Gasteiger partial charge in [-0.25, -0.2) is 13.2 Å². The van der Waals surface area contributed by atoms with Crippen LogP contribution >= 0.6 is 0 Å². The second-order valence-corrected chi connectivity index (χ2v) is 7.00. The molecule has 1 heterocycles. The first-order chi connectivity index (χ1) is 9.84. The van der Waals surface area contributed by atoms with Gasteiger partial charge < -0.3 is 9.84 Å². The van der Waals surface area contributed by atoms with Crippen molar-refractivity contribution in [2.24, 2.45) is 0 Å². The minimum absolute atomic E-state index is 0.0113. The number of aryl methyl sites for hydroxylation is 1. The van der Waals surface area contributed by atoms with Gasteiger partial charge >= 0.3 is 5.97 Å². The van der Waals surface area contributed by atoms with Crippen LogP contribution in [0.1, 0.15) is 27.9 Å². The molecule has 0 bridgehead atoms. The van der Waals surface area contributed by atoms with E-state index in [1.54, 1.807) is 13.8 Å². The van der Waals surface area contributed by atoms with E-state index in [1.807, 2.05) is 0 Å². The number of carboxylic acids is 1. The fraction of sp³-hybridized carbons (Fsp3) is 0.500. The summed E-state index contributed by atoms with van der Waals surface area (Å²) in [6.07, 6.45) is 0.635. The largest absolute Gasteiger partial charge is 0.478 e. The van der Waals surface area contributed by atoms with Gasteiger partial charge in [0.05, 0.1) is 17.1 Å². The number of benzene rings is 1. The van der Waals surface area contributed by atoms with Crippen LogP contribution in [0, 0.1) is 13.8 Å². The molecule has 1 aliphatic heterocycles. The van der Waals surface area contributed by atoms with Gasteiger partial charge in [0, 0.05) is 19.7 Å². The molecule has 6 nitrogen and oxygen atoms in total. The Hall–Kier alpha value is -1.44. The zero-order chi connectivity index (χ0) is 15.6. The van der Waals surface area contributed by atoms with E-state index >= 15 is 0 Å². The number of hydrogen-bond acceptors (Lipinski definition) is 4. The number of ether oxygens (including phenoxy) is 1. The highest BCUT2D eigenvalue weighted by molar-refractivity contribution is 7.89. The highest BCUT2D eigenvalue weighted by Gasteiger charge is 2.28. The lowest BCUT2D eigenvalue weighted by Crippen LogP contribution is -2.34. The molecule has 0 radical (unpaired) electrons. The second-order valence-electron chi connectivity index (χ2n) is 5.09. The van der Waals surface area contributed by atoms with Crippen LogP contribution in [-0.4, -0.2) is 50.1 Å². The van der Waals surface area contributed by atoms with Gasteiger partial charge in [0.2, 0.25) is 10.0 Å². The van der Waals surface area contributed by atoms with Gasteiger partial charge in [0.1, 0.15) is 0 Å². The summed E-state index contributed by atoms with van der Waals surface area (Å²) in [6.45, 7) is 4.99. The van der Waals surface area contributed by atoms with E-state index in [0.717, 1.165) is 0 Å². The smallest absolute Gasteiger partial charge is 0.335 e. The van der Waals surface area contributed by atoms with Crippen molar-refractivity contribution in [2.45, 2.75) is 25.2 Å². The third-order valence-electron chi connectivity index (χ3n) is 3.67. The first kappa shape index (κ1) is 15.9. The summed E-state index contributed by atoms with van der Waals surface area (Å²) in [6, 6.07) is 2.73. The molecule has 116 valence electrons. The number of hydrogen-bond donors (Lipinski definition) is 1. The van der Waals surface area contributed by atoms with Crippen molar-refractivity contribution in [1.29, 1.82) is 0 Å². The van der Waals surface area contributed by atoms with Crippen molar-refractivity contribution in [3.05, 3.63) is 28.8 Å². The van der Waals surface area contributed by atoms with Crippen LogP contribution in [0.3, 0.4) is 0 Å². The molecule has 1 aromatic carbocycles. The molecule has 0 amide bonds. The van der Waals surface area contributed by atoms with E-state index in [1.165, 1.54) is 16.4 Å². The third kappa shape index (κ3) is 3.25. The fourth-order valence-electron chi connectivity index (χ4n) is 2.32. The van der Waals surface area contributed by atoms with Crippen LogP contribution in [0.15, 0.2) is 17.0 Å². The SMILES string of the molecule is Cc1cc(C(=O)O)cc(S(=O)(=O)N2CCCOCC2)c1C. The maximum atomic E-state index is 12.8. The third-order valence-corrected chi connectivity index (χ3v) is 5.69. The lowest BCUT2D eigenvalue weighted by atomic mass is 10.1. The van der Waals surface area contributed by atoms with E-state index in [-0.39, 0.29) is 17.0 Å². The average molecular weight is 313 g/mol. The van der Waals surface area contributed by atoms with Crippen molar-refractivity contribution in [1.82, 2.24) is 4.31 Å². The Morgan fingerprint density at radius 1 is 1.24 bits per heavy atom. The average Bonchev–Trinajstić information content (AvgIpc) is 2.70. The quantitative estimate of drug-likeness (QED) is 0.912. The van der Waals surface area contributed by atoms with Crippen LogP contribution in [-0.2, 0) is 14.8 Å². The molecule has 0 saturated carbocycles. The lowest BCUT2D eigenvalue weighted by molar-refractivity contribution is 0.0696. The molecule has 1 aliphatic rings. The summed E-state index contributed by atoms with van der Waals surface area (Å²) in [7, 11) is -3.70. The zero-order valence-corrected chi connectivity index (χ0v) is 12.9. The molecule has 1 saturated heterocycles. The molecule has 2 rings (SSSR count). The van der Waals surface area contributed by atoms with Crippen LogP contribution in [0.2, 0.25) is 0 Å².